The second-order valence-electron chi connectivity index (χ2n) is 6.99. The summed E-state index contributed by atoms with van der Waals surface area (Å²) in [5, 5.41) is 3.41. The average molecular weight is 333 g/mol. The Kier molecular flexibility index (Phi) is 7.83. The van der Waals surface area contributed by atoms with Crippen LogP contribution in [0.2, 0.25) is 0 Å². The number of hydrogen-bond acceptors (Lipinski definition) is 4. The molecule has 0 saturated carbocycles. The summed E-state index contributed by atoms with van der Waals surface area (Å²) in [6.45, 7) is 11.3. The third-order valence-corrected chi connectivity index (χ3v) is 5.08. The third kappa shape index (κ3) is 7.09. The van der Waals surface area contributed by atoms with E-state index in [9.17, 15) is 9.00 Å². The molecule has 1 N–H and O–H groups in total. The van der Waals surface area contributed by atoms with Crippen molar-refractivity contribution in [2.45, 2.75) is 71.6 Å². The van der Waals surface area contributed by atoms with E-state index in [1.165, 1.54) is 0 Å². The number of nitrogens with zero attached hydrogens (tertiary/aromatic N) is 1. The largest absolute Gasteiger partial charge is 0.444 e. The third-order valence-electron chi connectivity index (χ3n) is 3.78. The lowest BCUT2D eigenvalue weighted by Gasteiger charge is -2.30. The molecule has 0 aromatic heterocycles. The van der Waals surface area contributed by atoms with E-state index < -0.39 is 16.4 Å². The Balaban J connectivity index is 2.39. The van der Waals surface area contributed by atoms with Gasteiger partial charge in [0.2, 0.25) is 0 Å². The molecule has 0 aliphatic carbocycles. The van der Waals surface area contributed by atoms with Crippen LogP contribution in [0.5, 0.6) is 0 Å². The molecular formula is C16H32N2O3S. The molecule has 22 heavy (non-hydrogen) atoms. The zero-order valence-electron chi connectivity index (χ0n) is 14.7. The maximum absolute atomic E-state index is 12.2. The average Bonchev–Trinajstić information content (AvgIpc) is 2.84. The topological polar surface area (TPSA) is 58.6 Å². The minimum Gasteiger partial charge on any atom is -0.444 e. The predicted molar refractivity (Wildman–Crippen MR) is 91.6 cm³/mol. The summed E-state index contributed by atoms with van der Waals surface area (Å²) in [7, 11) is -0.720. The molecule has 5 nitrogen and oxygen atoms in total. The second kappa shape index (κ2) is 8.87. The van der Waals surface area contributed by atoms with Crippen LogP contribution in [0.1, 0.15) is 53.9 Å². The van der Waals surface area contributed by atoms with Crippen LogP contribution in [-0.4, -0.2) is 57.5 Å². The fraction of sp³-hybridized carbons (Fsp3) is 0.938. The second-order valence-corrected chi connectivity index (χ2v) is 8.86. The van der Waals surface area contributed by atoms with Gasteiger partial charge in [0.15, 0.2) is 0 Å². The van der Waals surface area contributed by atoms with Gasteiger partial charge in [-0.25, -0.2) is 4.79 Å². The number of amides is 1. The number of likely N-dealkylation sites (tertiary alicyclic amines) is 1. The van der Waals surface area contributed by atoms with Gasteiger partial charge in [0.25, 0.3) is 0 Å². The monoisotopic (exact) mass is 332 g/mol. The van der Waals surface area contributed by atoms with E-state index in [-0.39, 0.29) is 12.1 Å². The van der Waals surface area contributed by atoms with E-state index in [0.717, 1.165) is 32.4 Å². The zero-order chi connectivity index (χ0) is 16.8. The van der Waals surface area contributed by atoms with Crippen LogP contribution < -0.4 is 5.32 Å². The highest BCUT2D eigenvalue weighted by Crippen LogP contribution is 2.23. The van der Waals surface area contributed by atoms with Crippen LogP contribution >= 0.6 is 0 Å². The highest BCUT2D eigenvalue weighted by atomic mass is 32.2. The Morgan fingerprint density at radius 2 is 2.14 bits per heavy atom. The fourth-order valence-electron chi connectivity index (χ4n) is 2.70. The van der Waals surface area contributed by atoms with E-state index >= 15 is 0 Å². The van der Waals surface area contributed by atoms with Gasteiger partial charge in [-0.1, -0.05) is 6.92 Å². The van der Waals surface area contributed by atoms with E-state index in [2.05, 4.69) is 12.2 Å². The molecule has 6 heteroatoms. The predicted octanol–water partition coefficient (Wildman–Crippen LogP) is 2.52. The van der Waals surface area contributed by atoms with Gasteiger partial charge in [0, 0.05) is 47.5 Å². The molecule has 1 rings (SSSR count). The number of carbonyl (C=O) groups excluding carboxylic acids is 1. The molecule has 3 unspecified atom stereocenters. The van der Waals surface area contributed by atoms with E-state index in [0.29, 0.717) is 17.5 Å². The number of hydrogen-bond donors (Lipinski definition) is 1. The number of carbonyl (C=O) groups is 1. The zero-order valence-corrected chi connectivity index (χ0v) is 15.5. The molecule has 1 aliphatic heterocycles. The number of nitrogens with one attached hydrogen (secondary N) is 1. The van der Waals surface area contributed by atoms with E-state index in [4.69, 9.17) is 4.74 Å². The Morgan fingerprint density at radius 1 is 1.45 bits per heavy atom. The van der Waals surface area contributed by atoms with Crippen LogP contribution in [0, 0.1) is 0 Å². The first-order valence-electron chi connectivity index (χ1n) is 8.31. The van der Waals surface area contributed by atoms with Gasteiger partial charge in [0.1, 0.15) is 5.60 Å². The lowest BCUT2D eigenvalue weighted by molar-refractivity contribution is 0.0215. The SMILES string of the molecule is CCS(=O)CCNC(C)CC1CCCN1C(=O)OC(C)(C)C. The normalized spacial score (nSPS) is 21.7. The molecule has 130 valence electrons. The van der Waals surface area contributed by atoms with Gasteiger partial charge < -0.3 is 15.0 Å². The molecule has 0 bridgehead atoms. The molecule has 1 aliphatic rings. The summed E-state index contributed by atoms with van der Waals surface area (Å²) in [6.07, 6.45) is 2.79. The molecule has 0 radical (unpaired) electrons. The molecule has 1 amide bonds. The van der Waals surface area contributed by atoms with Crippen molar-refractivity contribution in [3.8, 4) is 0 Å². The van der Waals surface area contributed by atoms with Crippen LogP contribution in [0.4, 0.5) is 4.79 Å². The van der Waals surface area contributed by atoms with E-state index in [1.807, 2.05) is 32.6 Å². The van der Waals surface area contributed by atoms with Crippen LogP contribution in [0.25, 0.3) is 0 Å². The molecule has 3 atom stereocenters. The number of rotatable bonds is 7. The fourth-order valence-corrected chi connectivity index (χ4v) is 3.33. The van der Waals surface area contributed by atoms with Crippen LogP contribution in [0.15, 0.2) is 0 Å². The quantitative estimate of drug-likeness (QED) is 0.778. The molecule has 1 saturated heterocycles. The number of ether oxygens (including phenoxy) is 1. The Hall–Kier alpha value is -0.620. The maximum atomic E-state index is 12.2. The van der Waals surface area contributed by atoms with E-state index in [1.54, 1.807) is 0 Å². The van der Waals surface area contributed by atoms with Gasteiger partial charge >= 0.3 is 6.09 Å². The van der Waals surface area contributed by atoms with Gasteiger partial charge in [-0.2, -0.15) is 0 Å². The first-order chi connectivity index (χ1) is 10.2. The standard InChI is InChI=1S/C16H32N2O3S/c1-6-22(20)11-9-17-13(2)12-14-8-7-10-18(14)15(19)21-16(3,4)5/h13-14,17H,6-12H2,1-5H3. The smallest absolute Gasteiger partial charge is 0.410 e. The highest BCUT2D eigenvalue weighted by molar-refractivity contribution is 7.84. The minimum atomic E-state index is -0.720. The molecule has 1 fully saturated rings. The molecule has 1 heterocycles. The summed E-state index contributed by atoms with van der Waals surface area (Å²) >= 11 is 0. The molecule has 0 aromatic carbocycles. The van der Waals surface area contributed by atoms with Crippen LogP contribution in [-0.2, 0) is 15.5 Å². The minimum absolute atomic E-state index is 0.200. The van der Waals surface area contributed by atoms with Gasteiger partial charge in [-0.05, 0) is 47.0 Å². The molecule has 0 aromatic rings. The molecular weight excluding hydrogens is 300 g/mol. The highest BCUT2D eigenvalue weighted by Gasteiger charge is 2.32. The summed E-state index contributed by atoms with van der Waals surface area (Å²) in [4.78, 5) is 14.1. The lowest BCUT2D eigenvalue weighted by atomic mass is 10.1. The van der Waals surface area contributed by atoms with Crippen molar-refractivity contribution in [2.75, 3.05) is 24.6 Å². The summed E-state index contributed by atoms with van der Waals surface area (Å²) in [5.41, 5.74) is -0.446. The Labute approximate surface area is 137 Å². The first-order valence-corrected chi connectivity index (χ1v) is 9.79. The van der Waals surface area contributed by atoms with Crippen molar-refractivity contribution < 1.29 is 13.7 Å². The summed E-state index contributed by atoms with van der Waals surface area (Å²) in [6, 6.07) is 0.552. The van der Waals surface area contributed by atoms with Crippen molar-refractivity contribution >= 4 is 16.9 Å². The maximum Gasteiger partial charge on any atom is 0.410 e. The summed E-state index contributed by atoms with van der Waals surface area (Å²) < 4.78 is 16.9. The van der Waals surface area contributed by atoms with Gasteiger partial charge in [-0.3, -0.25) is 4.21 Å². The summed E-state index contributed by atoms with van der Waals surface area (Å²) in [5.74, 6) is 1.41. The lowest BCUT2D eigenvalue weighted by Crippen LogP contribution is -2.43. The Bertz CT molecular complexity index is 382. The van der Waals surface area contributed by atoms with Crippen molar-refractivity contribution in [1.29, 1.82) is 0 Å². The first kappa shape index (κ1) is 19.4. The Morgan fingerprint density at radius 3 is 2.73 bits per heavy atom. The van der Waals surface area contributed by atoms with Crippen molar-refractivity contribution in [1.82, 2.24) is 10.2 Å². The molecule has 0 spiro atoms. The van der Waals surface area contributed by atoms with Gasteiger partial charge in [0.05, 0.1) is 0 Å². The van der Waals surface area contributed by atoms with Gasteiger partial charge in [-0.15, -0.1) is 0 Å². The van der Waals surface area contributed by atoms with Crippen molar-refractivity contribution in [2.24, 2.45) is 0 Å². The van der Waals surface area contributed by atoms with Crippen molar-refractivity contribution in [3.05, 3.63) is 0 Å². The van der Waals surface area contributed by atoms with Crippen LogP contribution in [0.3, 0.4) is 0 Å². The van der Waals surface area contributed by atoms with Crippen molar-refractivity contribution in [3.63, 3.8) is 0 Å².